The van der Waals surface area contributed by atoms with E-state index in [9.17, 15) is 4.21 Å². The van der Waals surface area contributed by atoms with Crippen molar-refractivity contribution in [2.75, 3.05) is 12.3 Å². The van der Waals surface area contributed by atoms with Crippen molar-refractivity contribution in [3.8, 4) is 0 Å². The Kier molecular flexibility index (Phi) is 6.05. The molecular weight excluding hydrogens is 254 g/mol. The van der Waals surface area contributed by atoms with Crippen molar-refractivity contribution in [1.82, 2.24) is 5.32 Å². The largest absolute Gasteiger partial charge is 0.313 e. The number of benzene rings is 1. The first-order valence-electron chi connectivity index (χ1n) is 7.42. The van der Waals surface area contributed by atoms with Gasteiger partial charge >= 0.3 is 0 Å². The molecule has 0 spiro atoms. The maximum absolute atomic E-state index is 12.3. The van der Waals surface area contributed by atoms with Gasteiger partial charge in [-0.25, -0.2) is 0 Å². The van der Waals surface area contributed by atoms with Crippen molar-refractivity contribution in [3.05, 3.63) is 35.9 Å². The molecule has 0 radical (unpaired) electrons. The zero-order chi connectivity index (χ0) is 13.5. The molecule has 0 heterocycles. The second kappa shape index (κ2) is 7.81. The predicted molar refractivity (Wildman–Crippen MR) is 82.6 cm³/mol. The van der Waals surface area contributed by atoms with Gasteiger partial charge in [-0.05, 0) is 30.9 Å². The maximum atomic E-state index is 12.3. The molecule has 2 rings (SSSR count). The van der Waals surface area contributed by atoms with E-state index >= 15 is 0 Å². The van der Waals surface area contributed by atoms with Gasteiger partial charge in [-0.1, -0.05) is 50.1 Å². The fourth-order valence-corrected chi connectivity index (χ4v) is 4.48. The zero-order valence-electron chi connectivity index (χ0n) is 11.8. The summed E-state index contributed by atoms with van der Waals surface area (Å²) in [5.41, 5.74) is 1.18. The van der Waals surface area contributed by atoms with Crippen LogP contribution in [0.2, 0.25) is 0 Å². The number of rotatable bonds is 7. The Bertz CT molecular complexity index is 387. The molecule has 0 bridgehead atoms. The van der Waals surface area contributed by atoms with Crippen molar-refractivity contribution >= 4 is 10.8 Å². The van der Waals surface area contributed by atoms with Gasteiger partial charge in [0.2, 0.25) is 0 Å². The molecule has 1 saturated carbocycles. The van der Waals surface area contributed by atoms with E-state index in [4.69, 9.17) is 0 Å². The van der Waals surface area contributed by atoms with Gasteiger partial charge in [0.05, 0.1) is 0 Å². The third-order valence-corrected chi connectivity index (χ3v) is 5.36. The van der Waals surface area contributed by atoms with Gasteiger partial charge in [0.25, 0.3) is 0 Å². The molecule has 1 aromatic rings. The lowest BCUT2D eigenvalue weighted by atomic mass is 10.00. The minimum atomic E-state index is -0.761. The fraction of sp³-hybridized carbons (Fsp3) is 0.625. The van der Waals surface area contributed by atoms with Crippen LogP contribution in [0.25, 0.3) is 0 Å². The first-order chi connectivity index (χ1) is 9.29. The van der Waals surface area contributed by atoms with Crippen LogP contribution in [0.15, 0.2) is 30.3 Å². The van der Waals surface area contributed by atoms with Crippen LogP contribution in [0, 0.1) is 5.92 Å². The Hall–Kier alpha value is -0.670. The Morgan fingerprint density at radius 1 is 1.26 bits per heavy atom. The fourth-order valence-electron chi connectivity index (χ4n) is 3.00. The molecule has 0 amide bonds. The summed E-state index contributed by atoms with van der Waals surface area (Å²) in [4.78, 5) is 0. The molecule has 3 heteroatoms. The van der Waals surface area contributed by atoms with Crippen molar-refractivity contribution < 1.29 is 4.21 Å². The van der Waals surface area contributed by atoms with Crippen LogP contribution in [-0.4, -0.2) is 22.5 Å². The lowest BCUT2D eigenvalue weighted by molar-refractivity contribution is 0.392. The van der Waals surface area contributed by atoms with Crippen molar-refractivity contribution in [3.63, 3.8) is 0 Å². The second-order valence-corrected chi connectivity index (χ2v) is 6.95. The molecule has 2 nitrogen and oxygen atoms in total. The van der Waals surface area contributed by atoms with E-state index in [2.05, 4.69) is 24.4 Å². The van der Waals surface area contributed by atoms with E-state index in [1.54, 1.807) is 0 Å². The van der Waals surface area contributed by atoms with Gasteiger partial charge in [-0.3, -0.25) is 4.21 Å². The molecule has 1 N–H and O–H groups in total. The molecule has 1 aromatic carbocycles. The van der Waals surface area contributed by atoms with Crippen molar-refractivity contribution in [2.45, 2.75) is 44.4 Å². The van der Waals surface area contributed by atoms with Crippen LogP contribution in [0.1, 0.15) is 38.2 Å². The number of hydrogen-bond donors (Lipinski definition) is 1. The van der Waals surface area contributed by atoms with Gasteiger partial charge in [0, 0.05) is 28.3 Å². The summed E-state index contributed by atoms with van der Waals surface area (Å²) in [6, 6.07) is 10.6. The molecule has 2 unspecified atom stereocenters. The SMILES string of the molecule is CCNC(CS(=O)Cc1ccccc1)C1CCCC1. The topological polar surface area (TPSA) is 29.1 Å². The number of hydrogen-bond acceptors (Lipinski definition) is 2. The summed E-state index contributed by atoms with van der Waals surface area (Å²) in [5.74, 6) is 2.22. The lowest BCUT2D eigenvalue weighted by Crippen LogP contribution is -2.39. The summed E-state index contributed by atoms with van der Waals surface area (Å²) >= 11 is 0. The minimum absolute atomic E-state index is 0.442. The smallest absolute Gasteiger partial charge is 0.0486 e. The standard InChI is InChI=1S/C16H25NOS/c1-2-17-16(15-10-6-7-11-15)13-19(18)12-14-8-4-3-5-9-14/h3-5,8-9,15-17H,2,6-7,10-13H2,1H3. The van der Waals surface area contributed by atoms with E-state index < -0.39 is 10.8 Å². The predicted octanol–water partition coefficient (Wildman–Crippen LogP) is 3.10. The van der Waals surface area contributed by atoms with Gasteiger partial charge in [0.1, 0.15) is 0 Å². The van der Waals surface area contributed by atoms with Gasteiger partial charge in [-0.2, -0.15) is 0 Å². The molecule has 0 saturated heterocycles. The average molecular weight is 279 g/mol. The Morgan fingerprint density at radius 2 is 1.95 bits per heavy atom. The second-order valence-electron chi connectivity index (χ2n) is 5.45. The maximum Gasteiger partial charge on any atom is 0.0486 e. The van der Waals surface area contributed by atoms with Crippen molar-refractivity contribution in [2.24, 2.45) is 5.92 Å². The lowest BCUT2D eigenvalue weighted by Gasteiger charge is -2.23. The highest BCUT2D eigenvalue weighted by Crippen LogP contribution is 2.28. The van der Waals surface area contributed by atoms with Crippen LogP contribution < -0.4 is 5.32 Å². The monoisotopic (exact) mass is 279 g/mol. The Morgan fingerprint density at radius 3 is 2.58 bits per heavy atom. The molecular formula is C16H25NOS. The van der Waals surface area contributed by atoms with Gasteiger partial charge in [0.15, 0.2) is 0 Å². The Labute approximate surface area is 119 Å². The summed E-state index contributed by atoms with van der Waals surface area (Å²) in [6.07, 6.45) is 5.30. The summed E-state index contributed by atoms with van der Waals surface area (Å²) in [5, 5.41) is 3.55. The van der Waals surface area contributed by atoms with Crippen LogP contribution in [-0.2, 0) is 16.6 Å². The molecule has 1 fully saturated rings. The summed E-state index contributed by atoms with van der Waals surface area (Å²) in [6.45, 7) is 3.12. The normalized spacial score (nSPS) is 19.4. The van der Waals surface area contributed by atoms with Gasteiger partial charge < -0.3 is 5.32 Å². The molecule has 19 heavy (non-hydrogen) atoms. The van der Waals surface area contributed by atoms with E-state index in [0.29, 0.717) is 11.8 Å². The highest BCUT2D eigenvalue weighted by molar-refractivity contribution is 7.84. The third kappa shape index (κ3) is 4.73. The third-order valence-electron chi connectivity index (χ3n) is 3.97. The first-order valence-corrected chi connectivity index (χ1v) is 8.90. The van der Waals surface area contributed by atoms with Crippen LogP contribution in [0.5, 0.6) is 0 Å². The first kappa shape index (κ1) is 14.7. The highest BCUT2D eigenvalue weighted by atomic mass is 32.2. The molecule has 1 aliphatic rings. The molecule has 1 aliphatic carbocycles. The summed E-state index contributed by atoms with van der Waals surface area (Å²) in [7, 11) is -0.761. The molecule has 106 valence electrons. The zero-order valence-corrected chi connectivity index (χ0v) is 12.6. The number of nitrogens with one attached hydrogen (secondary N) is 1. The quantitative estimate of drug-likeness (QED) is 0.831. The molecule has 2 atom stereocenters. The van der Waals surface area contributed by atoms with Gasteiger partial charge in [-0.15, -0.1) is 0 Å². The minimum Gasteiger partial charge on any atom is -0.313 e. The van der Waals surface area contributed by atoms with Crippen LogP contribution in [0.3, 0.4) is 0 Å². The van der Waals surface area contributed by atoms with E-state index in [-0.39, 0.29) is 0 Å². The Balaban J connectivity index is 1.87. The summed E-state index contributed by atoms with van der Waals surface area (Å²) < 4.78 is 12.3. The molecule has 0 aliphatic heterocycles. The van der Waals surface area contributed by atoms with E-state index in [1.165, 1.54) is 31.2 Å². The van der Waals surface area contributed by atoms with Crippen LogP contribution in [0.4, 0.5) is 0 Å². The van der Waals surface area contributed by atoms with Crippen LogP contribution >= 0.6 is 0 Å². The highest BCUT2D eigenvalue weighted by Gasteiger charge is 2.25. The molecule has 0 aromatic heterocycles. The van der Waals surface area contributed by atoms with Crippen molar-refractivity contribution in [1.29, 1.82) is 0 Å². The average Bonchev–Trinajstić information content (AvgIpc) is 2.93. The van der Waals surface area contributed by atoms with E-state index in [0.717, 1.165) is 18.2 Å². The van der Waals surface area contributed by atoms with E-state index in [1.807, 2.05) is 18.2 Å².